The summed E-state index contributed by atoms with van der Waals surface area (Å²) < 4.78 is 12.4. The Morgan fingerprint density at radius 1 is 0.975 bits per heavy atom. The number of carbonyl (C=O) groups is 1. The first-order valence-electron chi connectivity index (χ1n) is 12.7. The molecule has 0 aliphatic carbocycles. The molecule has 0 radical (unpaired) electrons. The van der Waals surface area contributed by atoms with E-state index in [1.54, 1.807) is 19.5 Å². The molecule has 0 aliphatic heterocycles. The van der Waals surface area contributed by atoms with Crippen molar-refractivity contribution in [1.29, 1.82) is 0 Å². The number of carboxylic acids is 1. The normalized spacial score (nSPS) is 12.4. The Labute approximate surface area is 242 Å². The van der Waals surface area contributed by atoms with E-state index >= 15 is 0 Å². The van der Waals surface area contributed by atoms with E-state index < -0.39 is 17.7 Å². The summed E-state index contributed by atoms with van der Waals surface area (Å²) in [5, 5.41) is 11.7. The van der Waals surface area contributed by atoms with Crippen LogP contribution in [0.2, 0.25) is 5.02 Å². The maximum atomic E-state index is 12.6. The minimum absolute atomic E-state index is 0.601. The van der Waals surface area contributed by atoms with Crippen LogP contribution in [0.15, 0.2) is 73.1 Å². The zero-order chi connectivity index (χ0) is 28.6. The standard InChI is InChI=1S/C32H29ClN2O4S/c1-18-13-25-29(27(19-9-11-23(33)12-10-19)26(18)28(31(36)37)39-32(2,3)4)40-30(35-25)21-8-6-7-20(14-21)22-15-24(38-5)17-34-16-22/h6-17,28H,1-5H3,(H,36,37)/t28-/m0/s1. The van der Waals surface area contributed by atoms with Gasteiger partial charge >= 0.3 is 5.97 Å². The van der Waals surface area contributed by atoms with Gasteiger partial charge in [0.1, 0.15) is 10.8 Å². The molecule has 0 saturated heterocycles. The third-order valence-corrected chi connectivity index (χ3v) is 7.80. The molecule has 0 spiro atoms. The van der Waals surface area contributed by atoms with Crippen molar-refractivity contribution in [1.82, 2.24) is 9.97 Å². The van der Waals surface area contributed by atoms with Crippen molar-refractivity contribution >= 4 is 39.1 Å². The summed E-state index contributed by atoms with van der Waals surface area (Å²) in [6, 6.07) is 19.4. The third kappa shape index (κ3) is 5.72. The van der Waals surface area contributed by atoms with Gasteiger partial charge in [0.25, 0.3) is 0 Å². The topological polar surface area (TPSA) is 81.5 Å². The summed E-state index contributed by atoms with van der Waals surface area (Å²) in [7, 11) is 1.62. The Kier molecular flexibility index (Phi) is 7.64. The van der Waals surface area contributed by atoms with Crippen LogP contribution in [0.5, 0.6) is 5.75 Å². The van der Waals surface area contributed by atoms with Crippen molar-refractivity contribution in [2.24, 2.45) is 0 Å². The van der Waals surface area contributed by atoms with Gasteiger partial charge in [-0.25, -0.2) is 9.78 Å². The van der Waals surface area contributed by atoms with Crippen LogP contribution in [-0.4, -0.2) is 33.8 Å². The Hall–Kier alpha value is -3.78. The number of hydrogen-bond donors (Lipinski definition) is 1. The van der Waals surface area contributed by atoms with Crippen LogP contribution in [0.4, 0.5) is 0 Å². The second-order valence-corrected chi connectivity index (χ2v) is 11.9. The maximum Gasteiger partial charge on any atom is 0.337 e. The number of rotatable bonds is 7. The summed E-state index contributed by atoms with van der Waals surface area (Å²) in [5.41, 5.74) is 6.04. The highest BCUT2D eigenvalue weighted by Gasteiger charge is 2.32. The molecule has 0 aliphatic rings. The number of thiazole rings is 1. The van der Waals surface area contributed by atoms with Crippen molar-refractivity contribution in [3.05, 3.63) is 89.2 Å². The zero-order valence-electron chi connectivity index (χ0n) is 22.9. The van der Waals surface area contributed by atoms with Crippen molar-refractivity contribution in [2.45, 2.75) is 39.4 Å². The van der Waals surface area contributed by atoms with E-state index in [4.69, 9.17) is 26.1 Å². The van der Waals surface area contributed by atoms with E-state index in [0.717, 1.165) is 48.6 Å². The van der Waals surface area contributed by atoms with Gasteiger partial charge in [0.2, 0.25) is 0 Å². The SMILES string of the molecule is COc1cncc(-c2cccc(-c3nc4cc(C)c([C@H](OC(C)(C)C)C(=O)O)c(-c5ccc(Cl)cc5)c4s3)c2)c1. The number of pyridine rings is 1. The number of benzene rings is 3. The molecular formula is C32H29ClN2O4S. The Morgan fingerprint density at radius 3 is 2.38 bits per heavy atom. The first-order valence-corrected chi connectivity index (χ1v) is 13.9. The zero-order valence-corrected chi connectivity index (χ0v) is 24.4. The molecule has 6 nitrogen and oxygen atoms in total. The van der Waals surface area contributed by atoms with Gasteiger partial charge in [0.15, 0.2) is 6.10 Å². The Balaban J connectivity index is 1.72. The monoisotopic (exact) mass is 572 g/mol. The maximum absolute atomic E-state index is 12.6. The number of aryl methyl sites for hydroxylation is 1. The number of aliphatic carboxylic acids is 1. The molecule has 2 heterocycles. The molecule has 0 amide bonds. The summed E-state index contributed by atoms with van der Waals surface area (Å²) >= 11 is 7.74. The summed E-state index contributed by atoms with van der Waals surface area (Å²) in [6.45, 7) is 7.47. The number of halogens is 1. The Bertz CT molecular complexity index is 1710. The van der Waals surface area contributed by atoms with Crippen molar-refractivity contribution in [3.63, 3.8) is 0 Å². The molecule has 0 bridgehead atoms. The predicted molar refractivity (Wildman–Crippen MR) is 161 cm³/mol. The molecule has 8 heteroatoms. The molecule has 204 valence electrons. The first-order chi connectivity index (χ1) is 19.0. The summed E-state index contributed by atoms with van der Waals surface area (Å²) in [4.78, 5) is 21.9. The fourth-order valence-electron chi connectivity index (χ4n) is 4.68. The van der Waals surface area contributed by atoms with Crippen LogP contribution < -0.4 is 4.74 Å². The largest absolute Gasteiger partial charge is 0.495 e. The highest BCUT2D eigenvalue weighted by molar-refractivity contribution is 7.22. The van der Waals surface area contributed by atoms with E-state index in [9.17, 15) is 9.90 Å². The van der Waals surface area contributed by atoms with Crippen LogP contribution in [0.25, 0.3) is 43.0 Å². The molecule has 0 saturated carbocycles. The average molecular weight is 573 g/mol. The minimum Gasteiger partial charge on any atom is -0.495 e. The van der Waals surface area contributed by atoms with Crippen LogP contribution in [-0.2, 0) is 9.53 Å². The minimum atomic E-state index is -1.16. The van der Waals surface area contributed by atoms with Gasteiger partial charge in [-0.2, -0.15) is 0 Å². The summed E-state index contributed by atoms with van der Waals surface area (Å²) in [6.07, 6.45) is 2.31. The highest BCUT2D eigenvalue weighted by Crippen LogP contribution is 2.44. The van der Waals surface area contributed by atoms with Crippen LogP contribution >= 0.6 is 22.9 Å². The summed E-state index contributed by atoms with van der Waals surface area (Å²) in [5.74, 6) is -0.360. The van der Waals surface area contributed by atoms with Crippen LogP contribution in [0.1, 0.15) is 38.0 Å². The molecular weight excluding hydrogens is 544 g/mol. The van der Waals surface area contributed by atoms with Gasteiger partial charge in [-0.3, -0.25) is 4.98 Å². The lowest BCUT2D eigenvalue weighted by Crippen LogP contribution is -2.28. The highest BCUT2D eigenvalue weighted by atomic mass is 35.5. The lowest BCUT2D eigenvalue weighted by atomic mass is 9.91. The molecule has 5 rings (SSSR count). The van der Waals surface area contributed by atoms with Crippen molar-refractivity contribution in [3.8, 4) is 38.6 Å². The lowest BCUT2D eigenvalue weighted by molar-refractivity contribution is -0.160. The predicted octanol–water partition coefficient (Wildman–Crippen LogP) is 8.60. The van der Waals surface area contributed by atoms with Gasteiger partial charge in [0.05, 0.1) is 29.1 Å². The number of ether oxygens (including phenoxy) is 2. The fourth-order valence-corrected chi connectivity index (χ4v) is 5.93. The number of fused-ring (bicyclic) bond motifs is 1. The molecule has 1 N–H and O–H groups in total. The molecule has 3 aromatic carbocycles. The molecule has 2 aromatic heterocycles. The van der Waals surface area contributed by atoms with Crippen LogP contribution in [0, 0.1) is 6.92 Å². The van der Waals surface area contributed by atoms with Gasteiger partial charge in [-0.1, -0.05) is 41.9 Å². The molecule has 40 heavy (non-hydrogen) atoms. The smallest absolute Gasteiger partial charge is 0.337 e. The fraction of sp³-hybridized carbons (Fsp3) is 0.219. The molecule has 1 atom stereocenters. The third-order valence-electron chi connectivity index (χ3n) is 6.41. The molecule has 0 unspecified atom stereocenters. The number of aromatic nitrogens is 2. The Morgan fingerprint density at radius 2 is 1.70 bits per heavy atom. The molecule has 5 aromatic rings. The number of methoxy groups -OCH3 is 1. The van der Waals surface area contributed by atoms with Crippen molar-refractivity contribution < 1.29 is 19.4 Å². The number of carboxylic acid groups (broad SMARTS) is 1. The van der Waals surface area contributed by atoms with Gasteiger partial charge < -0.3 is 14.6 Å². The van der Waals surface area contributed by atoms with E-state index in [-0.39, 0.29) is 0 Å². The average Bonchev–Trinajstić information content (AvgIpc) is 3.35. The number of hydrogen-bond acceptors (Lipinski definition) is 6. The van der Waals surface area contributed by atoms with E-state index in [1.807, 2.05) is 82.3 Å². The lowest BCUT2D eigenvalue weighted by Gasteiger charge is -2.28. The van der Waals surface area contributed by atoms with E-state index in [0.29, 0.717) is 16.3 Å². The van der Waals surface area contributed by atoms with Gasteiger partial charge in [0, 0.05) is 33.5 Å². The van der Waals surface area contributed by atoms with Gasteiger partial charge in [-0.05, 0) is 74.7 Å². The quantitative estimate of drug-likeness (QED) is 0.210. The van der Waals surface area contributed by atoms with E-state index in [2.05, 4.69) is 11.1 Å². The second kappa shape index (κ2) is 11.0. The van der Waals surface area contributed by atoms with Gasteiger partial charge in [-0.15, -0.1) is 11.3 Å². The van der Waals surface area contributed by atoms with Crippen molar-refractivity contribution in [2.75, 3.05) is 7.11 Å². The second-order valence-electron chi connectivity index (χ2n) is 10.5. The first kappa shape index (κ1) is 27.8. The van der Waals surface area contributed by atoms with E-state index in [1.165, 1.54) is 11.3 Å². The molecule has 0 fully saturated rings. The van der Waals surface area contributed by atoms with Crippen LogP contribution in [0.3, 0.4) is 0 Å². The number of nitrogens with zero attached hydrogens (tertiary/aromatic N) is 2.